The predicted octanol–water partition coefficient (Wildman–Crippen LogP) is 2.76. The van der Waals surface area contributed by atoms with Crippen molar-refractivity contribution >= 4 is 27.3 Å². The Morgan fingerprint density at radius 1 is 1.46 bits per heavy atom. The van der Waals surface area contributed by atoms with Gasteiger partial charge in [0, 0.05) is 17.3 Å². The molecule has 1 aromatic rings. The van der Waals surface area contributed by atoms with Crippen LogP contribution in [0.2, 0.25) is 0 Å². The van der Waals surface area contributed by atoms with E-state index in [1.165, 1.54) is 29.7 Å². The van der Waals surface area contributed by atoms with Crippen LogP contribution >= 0.6 is 27.3 Å². The molecule has 3 rings (SSSR count). The molecule has 0 bridgehead atoms. The lowest BCUT2D eigenvalue weighted by Gasteiger charge is -2.23. The van der Waals surface area contributed by atoms with Crippen LogP contribution in [0.3, 0.4) is 0 Å². The van der Waals surface area contributed by atoms with E-state index in [4.69, 9.17) is 0 Å². The molecule has 1 N–H and O–H groups in total. The number of fused-ring (bicyclic) bond motifs is 3. The molecule has 0 amide bonds. The van der Waals surface area contributed by atoms with Gasteiger partial charge >= 0.3 is 0 Å². The van der Waals surface area contributed by atoms with Crippen molar-refractivity contribution in [2.24, 2.45) is 5.92 Å². The summed E-state index contributed by atoms with van der Waals surface area (Å²) >= 11 is 5.53. The lowest BCUT2D eigenvalue weighted by atomic mass is 9.82. The molecule has 2 atom stereocenters. The molecule has 0 saturated carbocycles. The second kappa shape index (κ2) is 3.07. The van der Waals surface area contributed by atoms with Gasteiger partial charge in [0.15, 0.2) is 0 Å². The summed E-state index contributed by atoms with van der Waals surface area (Å²) in [5.41, 5.74) is 1.60. The number of aryl methyl sites for hydroxylation is 1. The van der Waals surface area contributed by atoms with Gasteiger partial charge in [-0.25, -0.2) is 0 Å². The van der Waals surface area contributed by atoms with Crippen molar-refractivity contribution in [1.82, 2.24) is 5.32 Å². The van der Waals surface area contributed by atoms with E-state index in [2.05, 4.69) is 27.3 Å². The Balaban J connectivity index is 2.05. The third-order valence-electron chi connectivity index (χ3n) is 3.27. The first-order valence-electron chi connectivity index (χ1n) is 4.83. The van der Waals surface area contributed by atoms with Crippen molar-refractivity contribution in [1.29, 1.82) is 0 Å². The first-order valence-corrected chi connectivity index (χ1v) is 6.44. The van der Waals surface area contributed by atoms with E-state index < -0.39 is 0 Å². The molecule has 1 aromatic heterocycles. The average molecular weight is 258 g/mol. The fraction of sp³-hybridized carbons (Fsp3) is 0.600. The summed E-state index contributed by atoms with van der Waals surface area (Å²) in [5, 5.41) is 3.51. The number of rotatable bonds is 0. The van der Waals surface area contributed by atoms with Gasteiger partial charge in [-0.3, -0.25) is 0 Å². The summed E-state index contributed by atoms with van der Waals surface area (Å²) in [6.45, 7) is 2.43. The van der Waals surface area contributed by atoms with Crippen LogP contribution in [-0.4, -0.2) is 13.1 Å². The summed E-state index contributed by atoms with van der Waals surface area (Å²) in [6.07, 6.45) is 2.67. The lowest BCUT2D eigenvalue weighted by Crippen LogP contribution is -2.16. The molecule has 1 aliphatic heterocycles. The molecule has 1 saturated heterocycles. The highest BCUT2D eigenvalue weighted by molar-refractivity contribution is 9.11. The second-order valence-electron chi connectivity index (χ2n) is 4.00. The Kier molecular flexibility index (Phi) is 2.00. The normalized spacial score (nSPS) is 31.5. The molecule has 1 nitrogen and oxygen atoms in total. The quantitative estimate of drug-likeness (QED) is 0.754. The molecule has 13 heavy (non-hydrogen) atoms. The summed E-state index contributed by atoms with van der Waals surface area (Å²) in [6, 6.07) is 2.31. The zero-order valence-electron chi connectivity index (χ0n) is 7.35. The molecule has 70 valence electrons. The topological polar surface area (TPSA) is 12.0 Å². The van der Waals surface area contributed by atoms with E-state index in [1.54, 1.807) is 10.4 Å². The Labute approximate surface area is 90.7 Å². The Morgan fingerprint density at radius 2 is 2.38 bits per heavy atom. The SMILES string of the molecule is Brc1cc2c(s1)C1CNCC1CC2. The summed E-state index contributed by atoms with van der Waals surface area (Å²) in [4.78, 5) is 1.65. The van der Waals surface area contributed by atoms with Gasteiger partial charge in [-0.1, -0.05) is 0 Å². The van der Waals surface area contributed by atoms with Crippen molar-refractivity contribution in [2.75, 3.05) is 13.1 Å². The Hall–Kier alpha value is 0.140. The van der Waals surface area contributed by atoms with Crippen LogP contribution in [0.1, 0.15) is 22.8 Å². The molecule has 2 unspecified atom stereocenters. The zero-order chi connectivity index (χ0) is 8.84. The molecule has 2 aliphatic rings. The van der Waals surface area contributed by atoms with Crippen molar-refractivity contribution in [2.45, 2.75) is 18.8 Å². The summed E-state index contributed by atoms with van der Waals surface area (Å²) in [7, 11) is 0. The van der Waals surface area contributed by atoms with E-state index in [1.807, 2.05) is 11.3 Å². The van der Waals surface area contributed by atoms with E-state index in [0.717, 1.165) is 11.8 Å². The van der Waals surface area contributed by atoms with E-state index >= 15 is 0 Å². The standard InChI is InChI=1S/C10H12BrNS/c11-9-3-6-1-2-7-4-12-5-8(7)10(6)13-9/h3,7-8,12H,1-2,4-5H2. The molecule has 0 aromatic carbocycles. The smallest absolute Gasteiger partial charge is 0.0704 e. The average Bonchev–Trinajstić information content (AvgIpc) is 2.65. The number of halogens is 1. The highest BCUT2D eigenvalue weighted by atomic mass is 79.9. The minimum Gasteiger partial charge on any atom is -0.316 e. The van der Waals surface area contributed by atoms with Crippen LogP contribution < -0.4 is 5.32 Å². The van der Waals surface area contributed by atoms with E-state index in [-0.39, 0.29) is 0 Å². The highest BCUT2D eigenvalue weighted by Crippen LogP contribution is 2.43. The van der Waals surface area contributed by atoms with Crippen LogP contribution in [0.5, 0.6) is 0 Å². The van der Waals surface area contributed by atoms with Crippen molar-refractivity contribution in [3.8, 4) is 0 Å². The predicted molar refractivity (Wildman–Crippen MR) is 59.4 cm³/mol. The number of nitrogens with one attached hydrogen (secondary N) is 1. The minimum absolute atomic E-state index is 0.819. The molecule has 0 radical (unpaired) electrons. The lowest BCUT2D eigenvalue weighted by molar-refractivity contribution is 0.458. The summed E-state index contributed by atoms with van der Waals surface area (Å²) < 4.78 is 1.31. The molecular formula is C10H12BrNS. The van der Waals surface area contributed by atoms with Gasteiger partial charge in [0.2, 0.25) is 0 Å². The first kappa shape index (κ1) is 8.45. The van der Waals surface area contributed by atoms with Gasteiger partial charge in [-0.15, -0.1) is 11.3 Å². The van der Waals surface area contributed by atoms with Crippen LogP contribution in [0.4, 0.5) is 0 Å². The molecule has 3 heteroatoms. The maximum absolute atomic E-state index is 3.59. The monoisotopic (exact) mass is 257 g/mol. The van der Waals surface area contributed by atoms with Crippen LogP contribution in [0.25, 0.3) is 0 Å². The zero-order valence-corrected chi connectivity index (χ0v) is 9.75. The third kappa shape index (κ3) is 1.29. The van der Waals surface area contributed by atoms with Crippen LogP contribution in [-0.2, 0) is 6.42 Å². The highest BCUT2D eigenvalue weighted by Gasteiger charge is 2.34. The maximum Gasteiger partial charge on any atom is 0.0704 e. The van der Waals surface area contributed by atoms with Gasteiger partial charge in [-0.2, -0.15) is 0 Å². The largest absolute Gasteiger partial charge is 0.316 e. The molecule has 0 spiro atoms. The molecule has 1 fully saturated rings. The number of hydrogen-bond acceptors (Lipinski definition) is 2. The van der Waals surface area contributed by atoms with Crippen molar-refractivity contribution < 1.29 is 0 Å². The molecular weight excluding hydrogens is 246 g/mol. The number of thiophene rings is 1. The molecule has 1 aliphatic carbocycles. The maximum atomic E-state index is 3.59. The minimum atomic E-state index is 0.819. The van der Waals surface area contributed by atoms with Crippen molar-refractivity contribution in [3.63, 3.8) is 0 Å². The Bertz CT molecular complexity index is 334. The van der Waals surface area contributed by atoms with Gasteiger partial charge in [0.05, 0.1) is 3.79 Å². The van der Waals surface area contributed by atoms with Gasteiger partial charge < -0.3 is 5.32 Å². The van der Waals surface area contributed by atoms with E-state index in [9.17, 15) is 0 Å². The number of hydrogen-bond donors (Lipinski definition) is 1. The van der Waals surface area contributed by atoms with Gasteiger partial charge in [0.1, 0.15) is 0 Å². The van der Waals surface area contributed by atoms with E-state index in [0.29, 0.717) is 0 Å². The van der Waals surface area contributed by atoms with Crippen molar-refractivity contribution in [3.05, 3.63) is 20.3 Å². The van der Waals surface area contributed by atoms with Crippen LogP contribution in [0.15, 0.2) is 9.85 Å². The third-order valence-corrected chi connectivity index (χ3v) is 5.08. The fourth-order valence-corrected chi connectivity index (χ4v) is 4.53. The first-order chi connectivity index (χ1) is 6.34. The summed E-state index contributed by atoms with van der Waals surface area (Å²) in [5.74, 6) is 1.73. The Morgan fingerprint density at radius 3 is 3.31 bits per heavy atom. The molecule has 2 heterocycles. The van der Waals surface area contributed by atoms with Gasteiger partial charge in [-0.05, 0) is 52.9 Å². The van der Waals surface area contributed by atoms with Gasteiger partial charge in [0.25, 0.3) is 0 Å². The van der Waals surface area contributed by atoms with Crippen LogP contribution in [0, 0.1) is 5.92 Å². The second-order valence-corrected chi connectivity index (χ2v) is 6.47. The fourth-order valence-electron chi connectivity index (χ4n) is 2.60.